The van der Waals surface area contributed by atoms with Gasteiger partial charge >= 0.3 is 6.03 Å². The van der Waals surface area contributed by atoms with Crippen LogP contribution >= 0.6 is 0 Å². The number of nitrogens with zero attached hydrogens (tertiary/aromatic N) is 3. The molecule has 0 aromatic carbocycles. The molecule has 0 spiro atoms. The Balaban J connectivity index is 2.06. The first kappa shape index (κ1) is 14.8. The van der Waals surface area contributed by atoms with Crippen LogP contribution < -0.4 is 10.9 Å². The fourth-order valence-corrected chi connectivity index (χ4v) is 1.92. The zero-order valence-electron chi connectivity index (χ0n) is 12.5. The number of aryl methyl sites for hydroxylation is 3. The number of aromatic nitrogens is 2. The molecule has 2 aromatic heterocycles. The molecular formula is C14H18N4O3. The first-order valence-electron chi connectivity index (χ1n) is 6.49. The molecule has 0 aliphatic heterocycles. The van der Waals surface area contributed by atoms with Crippen molar-refractivity contribution in [3.63, 3.8) is 0 Å². The van der Waals surface area contributed by atoms with Crippen LogP contribution in [0.5, 0.6) is 0 Å². The summed E-state index contributed by atoms with van der Waals surface area (Å²) in [5.41, 5.74) is 2.10. The fourth-order valence-electron chi connectivity index (χ4n) is 1.92. The second-order valence-electron chi connectivity index (χ2n) is 4.96. The second-order valence-corrected chi connectivity index (χ2v) is 4.96. The van der Waals surface area contributed by atoms with Crippen LogP contribution in [0.25, 0.3) is 0 Å². The van der Waals surface area contributed by atoms with E-state index in [-0.39, 0.29) is 11.6 Å². The van der Waals surface area contributed by atoms with Crippen LogP contribution in [-0.4, -0.2) is 27.7 Å². The van der Waals surface area contributed by atoms with Crippen LogP contribution in [0.3, 0.4) is 0 Å². The summed E-state index contributed by atoms with van der Waals surface area (Å²) in [5, 5.41) is 6.60. The van der Waals surface area contributed by atoms with Crippen LogP contribution in [0.15, 0.2) is 27.6 Å². The monoisotopic (exact) mass is 290 g/mol. The molecule has 0 fully saturated rings. The molecule has 0 bridgehead atoms. The lowest BCUT2D eigenvalue weighted by atomic mass is 10.2. The predicted octanol–water partition coefficient (Wildman–Crippen LogP) is 1.65. The lowest BCUT2D eigenvalue weighted by molar-refractivity contribution is 0.220. The van der Waals surface area contributed by atoms with Crippen molar-refractivity contribution in [2.24, 2.45) is 7.05 Å². The maximum Gasteiger partial charge on any atom is 0.321 e. The third-order valence-electron chi connectivity index (χ3n) is 3.26. The van der Waals surface area contributed by atoms with E-state index in [0.29, 0.717) is 18.0 Å². The number of carbonyl (C=O) groups is 1. The minimum absolute atomic E-state index is 0.128. The van der Waals surface area contributed by atoms with Crippen LogP contribution in [0.2, 0.25) is 0 Å². The van der Waals surface area contributed by atoms with Crippen molar-refractivity contribution in [2.75, 3.05) is 12.4 Å². The number of nitrogens with one attached hydrogen (secondary N) is 1. The van der Waals surface area contributed by atoms with Gasteiger partial charge in [0.2, 0.25) is 5.56 Å². The molecule has 21 heavy (non-hydrogen) atoms. The number of rotatable bonds is 3. The lowest BCUT2D eigenvalue weighted by Gasteiger charge is -2.18. The van der Waals surface area contributed by atoms with Gasteiger partial charge in [0.1, 0.15) is 5.76 Å². The van der Waals surface area contributed by atoms with Gasteiger partial charge in [-0.1, -0.05) is 5.16 Å². The van der Waals surface area contributed by atoms with E-state index < -0.39 is 0 Å². The number of urea groups is 1. The van der Waals surface area contributed by atoms with Gasteiger partial charge in [0, 0.05) is 31.9 Å². The fraction of sp³-hybridized carbons (Fsp3) is 0.357. The molecule has 1 N–H and O–H groups in total. The van der Waals surface area contributed by atoms with Gasteiger partial charge in [0.15, 0.2) is 0 Å². The molecule has 0 atom stereocenters. The van der Waals surface area contributed by atoms with Crippen molar-refractivity contribution in [1.82, 2.24) is 14.6 Å². The van der Waals surface area contributed by atoms with E-state index in [1.807, 2.05) is 13.8 Å². The van der Waals surface area contributed by atoms with Crippen LogP contribution in [0, 0.1) is 13.8 Å². The maximum atomic E-state index is 12.1. The van der Waals surface area contributed by atoms with Gasteiger partial charge in [-0.15, -0.1) is 0 Å². The zero-order valence-corrected chi connectivity index (χ0v) is 12.5. The van der Waals surface area contributed by atoms with Gasteiger partial charge in [-0.25, -0.2) is 4.79 Å². The van der Waals surface area contributed by atoms with Crippen LogP contribution in [0.1, 0.15) is 17.0 Å². The van der Waals surface area contributed by atoms with Crippen LogP contribution in [0.4, 0.5) is 10.5 Å². The number of anilines is 1. The Morgan fingerprint density at radius 1 is 1.43 bits per heavy atom. The van der Waals surface area contributed by atoms with Gasteiger partial charge in [-0.3, -0.25) is 4.79 Å². The smallest absolute Gasteiger partial charge is 0.321 e. The van der Waals surface area contributed by atoms with E-state index in [1.54, 1.807) is 26.4 Å². The van der Waals surface area contributed by atoms with E-state index in [2.05, 4.69) is 10.5 Å². The normalized spacial score (nSPS) is 10.5. The number of hydrogen-bond acceptors (Lipinski definition) is 4. The zero-order chi connectivity index (χ0) is 15.6. The summed E-state index contributed by atoms with van der Waals surface area (Å²) in [6.45, 7) is 4.05. The van der Waals surface area contributed by atoms with Gasteiger partial charge < -0.3 is 19.3 Å². The van der Waals surface area contributed by atoms with Crippen molar-refractivity contribution in [1.29, 1.82) is 0 Å². The molecule has 0 aliphatic carbocycles. The summed E-state index contributed by atoms with van der Waals surface area (Å²) in [6.07, 6.45) is 1.57. The van der Waals surface area contributed by atoms with Crippen molar-refractivity contribution in [2.45, 2.75) is 20.4 Å². The average Bonchev–Trinajstić information content (AvgIpc) is 2.74. The molecule has 7 nitrogen and oxygen atoms in total. The van der Waals surface area contributed by atoms with E-state index >= 15 is 0 Å². The summed E-state index contributed by atoms with van der Waals surface area (Å²) < 4.78 is 6.48. The van der Waals surface area contributed by atoms with Crippen molar-refractivity contribution in [3.05, 3.63) is 45.7 Å². The lowest BCUT2D eigenvalue weighted by Crippen LogP contribution is -2.31. The van der Waals surface area contributed by atoms with Gasteiger partial charge in [0.25, 0.3) is 0 Å². The van der Waals surface area contributed by atoms with Crippen LogP contribution in [-0.2, 0) is 13.6 Å². The first-order chi connectivity index (χ1) is 9.88. The third kappa shape index (κ3) is 3.31. The average molecular weight is 290 g/mol. The summed E-state index contributed by atoms with van der Waals surface area (Å²) in [7, 11) is 3.31. The molecule has 2 aromatic rings. The van der Waals surface area contributed by atoms with Crippen molar-refractivity contribution >= 4 is 11.7 Å². The summed E-state index contributed by atoms with van der Waals surface area (Å²) in [6, 6.07) is 2.71. The topological polar surface area (TPSA) is 80.4 Å². The quantitative estimate of drug-likeness (QED) is 0.932. The minimum Gasteiger partial charge on any atom is -0.361 e. The summed E-state index contributed by atoms with van der Waals surface area (Å²) >= 11 is 0. The van der Waals surface area contributed by atoms with Gasteiger partial charge in [-0.05, 0) is 19.9 Å². The highest BCUT2D eigenvalue weighted by Gasteiger charge is 2.15. The predicted molar refractivity (Wildman–Crippen MR) is 78.1 cm³/mol. The highest BCUT2D eigenvalue weighted by atomic mass is 16.5. The van der Waals surface area contributed by atoms with E-state index in [1.165, 1.54) is 15.5 Å². The number of hydrogen-bond donors (Lipinski definition) is 1. The SMILES string of the molecule is Cc1noc(C)c1CN(C)C(=O)Nc1ccc(=O)n(C)c1. The summed E-state index contributed by atoms with van der Waals surface area (Å²) in [4.78, 5) is 25.0. The van der Waals surface area contributed by atoms with E-state index in [0.717, 1.165) is 11.3 Å². The number of amides is 2. The molecule has 2 rings (SSSR count). The molecule has 0 unspecified atom stereocenters. The minimum atomic E-state index is -0.270. The van der Waals surface area contributed by atoms with E-state index in [9.17, 15) is 9.59 Å². The molecular weight excluding hydrogens is 272 g/mol. The highest BCUT2D eigenvalue weighted by molar-refractivity contribution is 5.88. The molecule has 2 heterocycles. The maximum absolute atomic E-state index is 12.1. The molecule has 112 valence electrons. The number of carbonyl (C=O) groups excluding carboxylic acids is 1. The molecule has 2 amide bonds. The molecule has 0 radical (unpaired) electrons. The highest BCUT2D eigenvalue weighted by Crippen LogP contribution is 2.15. The third-order valence-corrected chi connectivity index (χ3v) is 3.26. The Bertz CT molecular complexity index is 698. The van der Waals surface area contributed by atoms with E-state index in [4.69, 9.17) is 4.52 Å². The Labute approximate surface area is 122 Å². The Morgan fingerprint density at radius 2 is 2.14 bits per heavy atom. The van der Waals surface area contributed by atoms with Gasteiger partial charge in [0.05, 0.1) is 17.9 Å². The Morgan fingerprint density at radius 3 is 2.71 bits per heavy atom. The molecule has 0 saturated carbocycles. The first-order valence-corrected chi connectivity index (χ1v) is 6.49. The van der Waals surface area contributed by atoms with Crippen molar-refractivity contribution in [3.8, 4) is 0 Å². The molecule has 0 saturated heterocycles. The Kier molecular flexibility index (Phi) is 4.11. The largest absolute Gasteiger partial charge is 0.361 e. The Hall–Kier alpha value is -2.57. The standard InChI is InChI=1S/C14H18N4O3/c1-9-12(10(2)21-16-9)8-18(4)14(20)15-11-5-6-13(19)17(3)7-11/h5-7H,8H2,1-4H3,(H,15,20). The van der Waals surface area contributed by atoms with Gasteiger partial charge in [-0.2, -0.15) is 0 Å². The number of pyridine rings is 1. The second kappa shape index (κ2) is 5.82. The summed E-state index contributed by atoms with van der Waals surface area (Å²) in [5.74, 6) is 0.703. The molecule has 7 heteroatoms. The van der Waals surface area contributed by atoms with Crippen molar-refractivity contribution < 1.29 is 9.32 Å². The molecule has 0 aliphatic rings.